The Hall–Kier alpha value is -1.01. The number of piperazine rings is 1. The van der Waals surface area contributed by atoms with Gasteiger partial charge in [0.1, 0.15) is 0 Å². The second-order valence-electron chi connectivity index (χ2n) is 5.40. The molecule has 2 saturated heterocycles. The first kappa shape index (κ1) is 13.9. The van der Waals surface area contributed by atoms with E-state index in [2.05, 4.69) is 26.9 Å². The average Bonchev–Trinajstić information content (AvgIpc) is 3.01. The van der Waals surface area contributed by atoms with Crippen molar-refractivity contribution in [3.63, 3.8) is 0 Å². The fourth-order valence-corrected chi connectivity index (χ4v) is 2.75. The first-order valence-electron chi connectivity index (χ1n) is 7.48. The number of pyridine rings is 1. The van der Waals surface area contributed by atoms with Gasteiger partial charge in [0.25, 0.3) is 0 Å². The molecule has 0 N–H and O–H groups in total. The van der Waals surface area contributed by atoms with Crippen LogP contribution in [-0.4, -0.2) is 67.0 Å². The van der Waals surface area contributed by atoms with Gasteiger partial charge < -0.3 is 14.4 Å². The van der Waals surface area contributed by atoms with Crippen LogP contribution in [0.25, 0.3) is 0 Å². The van der Waals surface area contributed by atoms with Gasteiger partial charge in [-0.05, 0) is 12.1 Å². The molecule has 0 unspecified atom stereocenters. The Labute approximate surface area is 120 Å². The zero-order chi connectivity index (χ0) is 13.6. The summed E-state index contributed by atoms with van der Waals surface area (Å²) in [6.45, 7) is 8.02. The molecule has 2 aliphatic heterocycles. The Kier molecular flexibility index (Phi) is 4.97. The van der Waals surface area contributed by atoms with Crippen LogP contribution in [-0.2, 0) is 16.0 Å². The molecule has 5 nitrogen and oxygen atoms in total. The minimum atomic E-state index is 0.0292. The summed E-state index contributed by atoms with van der Waals surface area (Å²) in [7, 11) is 0. The van der Waals surface area contributed by atoms with Gasteiger partial charge in [0.05, 0.1) is 18.9 Å². The molecule has 2 fully saturated rings. The first-order valence-corrected chi connectivity index (χ1v) is 7.48. The highest BCUT2D eigenvalue weighted by Crippen LogP contribution is 2.11. The average molecular weight is 277 g/mol. The Bertz CT molecular complexity index is 387. The number of aromatic nitrogens is 1. The molecule has 0 bridgehead atoms. The lowest BCUT2D eigenvalue weighted by Gasteiger charge is -2.34. The van der Waals surface area contributed by atoms with Crippen molar-refractivity contribution in [1.82, 2.24) is 14.8 Å². The maximum Gasteiger partial charge on any atom is 0.159 e. The SMILES string of the molecule is c1ccc(CN2CCN(CCC3OCCO3)CC2)nc1. The first-order chi connectivity index (χ1) is 9.90. The number of hydrogen-bond acceptors (Lipinski definition) is 5. The largest absolute Gasteiger partial charge is 0.350 e. The molecule has 3 rings (SSSR count). The van der Waals surface area contributed by atoms with Gasteiger partial charge >= 0.3 is 0 Å². The zero-order valence-electron chi connectivity index (χ0n) is 11.9. The predicted molar refractivity (Wildman–Crippen MR) is 76.3 cm³/mol. The lowest BCUT2D eigenvalue weighted by Crippen LogP contribution is -2.46. The molecule has 2 aliphatic rings. The van der Waals surface area contributed by atoms with Crippen LogP contribution in [0.5, 0.6) is 0 Å². The van der Waals surface area contributed by atoms with Crippen molar-refractivity contribution in [2.45, 2.75) is 19.3 Å². The van der Waals surface area contributed by atoms with Gasteiger partial charge in [-0.2, -0.15) is 0 Å². The lowest BCUT2D eigenvalue weighted by molar-refractivity contribution is -0.0533. The summed E-state index contributed by atoms with van der Waals surface area (Å²) >= 11 is 0. The van der Waals surface area contributed by atoms with E-state index in [1.54, 1.807) is 0 Å². The minimum Gasteiger partial charge on any atom is -0.350 e. The fourth-order valence-electron chi connectivity index (χ4n) is 2.75. The molecule has 0 atom stereocenters. The van der Waals surface area contributed by atoms with E-state index in [0.717, 1.165) is 64.6 Å². The normalized spacial score (nSPS) is 22.4. The van der Waals surface area contributed by atoms with Crippen LogP contribution in [0.1, 0.15) is 12.1 Å². The van der Waals surface area contributed by atoms with E-state index in [4.69, 9.17) is 9.47 Å². The molecule has 0 aromatic carbocycles. The molecule has 1 aromatic rings. The van der Waals surface area contributed by atoms with Gasteiger partial charge in [-0.15, -0.1) is 0 Å². The summed E-state index contributed by atoms with van der Waals surface area (Å²) in [4.78, 5) is 9.37. The lowest BCUT2D eigenvalue weighted by atomic mass is 10.2. The topological polar surface area (TPSA) is 37.8 Å². The molecule has 0 aliphatic carbocycles. The van der Waals surface area contributed by atoms with Gasteiger partial charge in [0, 0.05) is 51.9 Å². The molecule has 20 heavy (non-hydrogen) atoms. The van der Waals surface area contributed by atoms with Gasteiger partial charge in [-0.25, -0.2) is 0 Å². The molecule has 0 saturated carbocycles. The van der Waals surface area contributed by atoms with Gasteiger partial charge in [-0.1, -0.05) is 6.07 Å². The van der Waals surface area contributed by atoms with Crippen LogP contribution in [0.3, 0.4) is 0 Å². The Morgan fingerprint density at radius 1 is 1.05 bits per heavy atom. The highest BCUT2D eigenvalue weighted by molar-refractivity contribution is 5.03. The summed E-state index contributed by atoms with van der Waals surface area (Å²) in [5.74, 6) is 0. The second-order valence-corrected chi connectivity index (χ2v) is 5.40. The van der Waals surface area contributed by atoms with Crippen LogP contribution < -0.4 is 0 Å². The quantitative estimate of drug-likeness (QED) is 0.801. The van der Waals surface area contributed by atoms with Crippen molar-refractivity contribution in [2.75, 3.05) is 45.9 Å². The van der Waals surface area contributed by atoms with Crippen molar-refractivity contribution < 1.29 is 9.47 Å². The van der Waals surface area contributed by atoms with Gasteiger partial charge in [-0.3, -0.25) is 9.88 Å². The van der Waals surface area contributed by atoms with E-state index >= 15 is 0 Å². The number of nitrogens with zero attached hydrogens (tertiary/aromatic N) is 3. The Balaban J connectivity index is 1.36. The van der Waals surface area contributed by atoms with Crippen LogP contribution in [0.2, 0.25) is 0 Å². The summed E-state index contributed by atoms with van der Waals surface area (Å²) in [6.07, 6.45) is 2.88. The van der Waals surface area contributed by atoms with E-state index in [-0.39, 0.29) is 6.29 Å². The molecule has 110 valence electrons. The van der Waals surface area contributed by atoms with E-state index < -0.39 is 0 Å². The monoisotopic (exact) mass is 277 g/mol. The predicted octanol–water partition coefficient (Wildman–Crippen LogP) is 0.962. The van der Waals surface area contributed by atoms with Crippen molar-refractivity contribution >= 4 is 0 Å². The summed E-state index contributed by atoms with van der Waals surface area (Å²) in [5, 5.41) is 0. The third-order valence-corrected chi connectivity index (χ3v) is 3.95. The molecule has 5 heteroatoms. The van der Waals surface area contributed by atoms with Crippen LogP contribution >= 0.6 is 0 Å². The molecule has 3 heterocycles. The number of rotatable bonds is 5. The number of hydrogen-bond donors (Lipinski definition) is 0. The standard InChI is InChI=1S/C15H23N3O2/c1-2-5-16-14(3-1)13-18-9-7-17(8-10-18)6-4-15-19-11-12-20-15/h1-3,5,15H,4,6-13H2. The van der Waals surface area contributed by atoms with E-state index in [0.29, 0.717) is 0 Å². The molecule has 1 aromatic heterocycles. The van der Waals surface area contributed by atoms with E-state index in [1.165, 1.54) is 0 Å². The van der Waals surface area contributed by atoms with Crippen molar-refractivity contribution in [2.24, 2.45) is 0 Å². The van der Waals surface area contributed by atoms with Crippen molar-refractivity contribution in [3.8, 4) is 0 Å². The highest BCUT2D eigenvalue weighted by Gasteiger charge is 2.20. The zero-order valence-corrected chi connectivity index (χ0v) is 11.9. The summed E-state index contributed by atoms with van der Waals surface area (Å²) in [5.41, 5.74) is 1.16. The van der Waals surface area contributed by atoms with Crippen molar-refractivity contribution in [3.05, 3.63) is 30.1 Å². The molecule has 0 radical (unpaired) electrons. The second kappa shape index (κ2) is 7.13. The molecule has 0 spiro atoms. The highest BCUT2D eigenvalue weighted by atomic mass is 16.7. The van der Waals surface area contributed by atoms with Crippen LogP contribution in [0, 0.1) is 0 Å². The van der Waals surface area contributed by atoms with E-state index in [1.807, 2.05) is 12.3 Å². The van der Waals surface area contributed by atoms with Crippen LogP contribution in [0.15, 0.2) is 24.4 Å². The van der Waals surface area contributed by atoms with E-state index in [9.17, 15) is 0 Å². The fraction of sp³-hybridized carbons (Fsp3) is 0.667. The van der Waals surface area contributed by atoms with Gasteiger partial charge in [0.15, 0.2) is 6.29 Å². The Morgan fingerprint density at radius 3 is 2.50 bits per heavy atom. The third kappa shape index (κ3) is 3.99. The number of ether oxygens (including phenoxy) is 2. The molecule has 0 amide bonds. The minimum absolute atomic E-state index is 0.0292. The maximum absolute atomic E-state index is 5.48. The Morgan fingerprint density at radius 2 is 1.80 bits per heavy atom. The molecular weight excluding hydrogens is 254 g/mol. The maximum atomic E-state index is 5.48. The third-order valence-electron chi connectivity index (χ3n) is 3.95. The summed E-state index contributed by atoms with van der Waals surface area (Å²) in [6, 6.07) is 6.12. The smallest absolute Gasteiger partial charge is 0.159 e. The van der Waals surface area contributed by atoms with Crippen LogP contribution in [0.4, 0.5) is 0 Å². The summed E-state index contributed by atoms with van der Waals surface area (Å²) < 4.78 is 11.0. The molecular formula is C15H23N3O2. The van der Waals surface area contributed by atoms with Gasteiger partial charge in [0.2, 0.25) is 0 Å². The van der Waals surface area contributed by atoms with Crippen molar-refractivity contribution in [1.29, 1.82) is 0 Å².